The minimum absolute atomic E-state index is 0.229. The summed E-state index contributed by atoms with van der Waals surface area (Å²) in [5.74, 6) is 3.30. The Bertz CT molecular complexity index is 942. The van der Waals surface area contributed by atoms with Crippen LogP contribution in [0.15, 0.2) is 28.7 Å². The Labute approximate surface area is 164 Å². The van der Waals surface area contributed by atoms with E-state index in [0.29, 0.717) is 24.0 Å². The van der Waals surface area contributed by atoms with Crippen LogP contribution in [0.2, 0.25) is 0 Å². The van der Waals surface area contributed by atoms with Gasteiger partial charge in [0.1, 0.15) is 5.75 Å². The number of hydrogen-bond acceptors (Lipinski definition) is 7. The molecule has 3 aromatic rings. The van der Waals surface area contributed by atoms with E-state index in [1.54, 1.807) is 7.11 Å². The second-order valence-corrected chi connectivity index (χ2v) is 7.15. The van der Waals surface area contributed by atoms with E-state index in [4.69, 9.17) is 9.15 Å². The quantitative estimate of drug-likeness (QED) is 0.582. The molecule has 0 aliphatic carbocycles. The number of nitrogens with zero attached hydrogens (tertiary/aromatic N) is 6. The highest BCUT2D eigenvalue weighted by Gasteiger charge is 2.11. The van der Waals surface area contributed by atoms with Crippen molar-refractivity contribution in [3.05, 3.63) is 47.4 Å². The molecule has 0 saturated carbocycles. The van der Waals surface area contributed by atoms with E-state index in [1.165, 1.54) is 4.80 Å². The maximum Gasteiger partial charge on any atom is 0.219 e. The van der Waals surface area contributed by atoms with Gasteiger partial charge in [0.05, 0.1) is 12.8 Å². The molecule has 0 aliphatic rings. The highest BCUT2D eigenvalue weighted by Crippen LogP contribution is 2.23. The Balaban J connectivity index is 1.71. The smallest absolute Gasteiger partial charge is 0.219 e. The zero-order valence-corrected chi connectivity index (χ0v) is 17.0. The summed E-state index contributed by atoms with van der Waals surface area (Å²) in [5.41, 5.74) is 1.77. The van der Waals surface area contributed by atoms with Gasteiger partial charge in [0.25, 0.3) is 0 Å². The van der Waals surface area contributed by atoms with Gasteiger partial charge in [-0.05, 0) is 29.8 Å². The lowest BCUT2D eigenvalue weighted by molar-refractivity contribution is 0.413. The van der Waals surface area contributed by atoms with E-state index < -0.39 is 0 Å². The lowest BCUT2D eigenvalue weighted by Gasteiger charge is -2.07. The molecule has 1 aromatic carbocycles. The highest BCUT2D eigenvalue weighted by molar-refractivity contribution is 5.60. The molecule has 0 amide bonds. The maximum atomic E-state index is 5.63. The zero-order chi connectivity index (χ0) is 20.1. The predicted octanol–water partition coefficient (Wildman–Crippen LogP) is 3.95. The first-order chi connectivity index (χ1) is 13.5. The van der Waals surface area contributed by atoms with Crippen LogP contribution < -0.4 is 4.74 Å². The zero-order valence-electron chi connectivity index (χ0n) is 17.0. The first kappa shape index (κ1) is 19.7. The first-order valence-corrected chi connectivity index (χ1v) is 9.45. The van der Waals surface area contributed by atoms with Gasteiger partial charge in [-0.3, -0.25) is 0 Å². The van der Waals surface area contributed by atoms with Crippen molar-refractivity contribution < 1.29 is 9.15 Å². The van der Waals surface area contributed by atoms with Crippen LogP contribution in [0.4, 0.5) is 0 Å². The lowest BCUT2D eigenvalue weighted by atomic mass is 10.1. The Morgan fingerprint density at radius 2 is 1.93 bits per heavy atom. The summed E-state index contributed by atoms with van der Waals surface area (Å²) in [4.78, 5) is 1.54. The molecule has 0 bridgehead atoms. The van der Waals surface area contributed by atoms with Crippen molar-refractivity contribution in [2.24, 2.45) is 0 Å². The summed E-state index contributed by atoms with van der Waals surface area (Å²) < 4.78 is 11.1. The van der Waals surface area contributed by atoms with Crippen LogP contribution in [0.25, 0.3) is 11.8 Å². The molecule has 0 unspecified atom stereocenters. The molecule has 8 heteroatoms. The number of aromatic nitrogens is 6. The molecule has 148 valence electrons. The van der Waals surface area contributed by atoms with Gasteiger partial charge >= 0.3 is 0 Å². The molecule has 8 nitrogen and oxygen atoms in total. The topological polar surface area (TPSA) is 91.8 Å². The number of methoxy groups -OCH3 is 1. The average molecular weight is 382 g/mol. The van der Waals surface area contributed by atoms with Crippen LogP contribution in [0.3, 0.4) is 0 Å². The molecule has 0 N–H and O–H groups in total. The molecular weight excluding hydrogens is 356 g/mol. The number of allylic oxidation sites excluding steroid dienone is 1. The van der Waals surface area contributed by atoms with Crippen LogP contribution in [0.5, 0.6) is 5.75 Å². The summed E-state index contributed by atoms with van der Waals surface area (Å²) in [6.45, 7) is 8.14. The number of aryl methyl sites for hydroxylation is 1. The minimum Gasteiger partial charge on any atom is -0.496 e. The summed E-state index contributed by atoms with van der Waals surface area (Å²) in [6, 6.07) is 5.79. The van der Waals surface area contributed by atoms with E-state index in [0.717, 1.165) is 23.4 Å². The van der Waals surface area contributed by atoms with Gasteiger partial charge in [0.2, 0.25) is 11.8 Å². The van der Waals surface area contributed by atoms with E-state index in [1.807, 2.05) is 52.0 Å². The van der Waals surface area contributed by atoms with Crippen molar-refractivity contribution in [2.45, 2.75) is 52.4 Å². The van der Waals surface area contributed by atoms with Crippen LogP contribution in [-0.4, -0.2) is 37.5 Å². The molecular formula is C20H26N6O2. The summed E-state index contributed by atoms with van der Waals surface area (Å²) in [5, 5.41) is 20.8. The van der Waals surface area contributed by atoms with E-state index in [-0.39, 0.29) is 11.8 Å². The first-order valence-electron chi connectivity index (χ1n) is 9.45. The van der Waals surface area contributed by atoms with Gasteiger partial charge < -0.3 is 9.15 Å². The standard InChI is InChI=1S/C20H26N6O2/c1-13(2)19-22-25-26(24-19)16-10-11-17(27-5)15(12-16)8-6-7-9-18-21-23-20(28-18)14(3)4/h6,8,10-14H,7,9H2,1-5H3/b8-6+. The molecule has 0 spiro atoms. The lowest BCUT2D eigenvalue weighted by Crippen LogP contribution is -2.01. The van der Waals surface area contributed by atoms with Crippen molar-refractivity contribution >= 4 is 6.08 Å². The number of rotatable bonds is 8. The Morgan fingerprint density at radius 1 is 1.11 bits per heavy atom. The predicted molar refractivity (Wildman–Crippen MR) is 106 cm³/mol. The fraction of sp³-hybridized carbons (Fsp3) is 0.450. The van der Waals surface area contributed by atoms with Crippen LogP contribution in [-0.2, 0) is 6.42 Å². The third kappa shape index (κ3) is 4.62. The SMILES string of the molecule is COc1ccc(-n2nnc(C(C)C)n2)cc1/C=C/CCc1nnc(C(C)C)o1. The molecule has 28 heavy (non-hydrogen) atoms. The number of tetrazole rings is 1. The molecule has 0 atom stereocenters. The summed E-state index contributed by atoms with van der Waals surface area (Å²) in [6.07, 6.45) is 5.56. The van der Waals surface area contributed by atoms with Crippen LogP contribution in [0, 0.1) is 0 Å². The fourth-order valence-electron chi connectivity index (χ4n) is 2.56. The van der Waals surface area contributed by atoms with Crippen molar-refractivity contribution in [3.63, 3.8) is 0 Å². The molecule has 3 rings (SSSR count). The Kier molecular flexibility index (Phi) is 6.18. The van der Waals surface area contributed by atoms with Crippen molar-refractivity contribution in [2.75, 3.05) is 7.11 Å². The van der Waals surface area contributed by atoms with Crippen LogP contribution >= 0.6 is 0 Å². The van der Waals surface area contributed by atoms with Crippen molar-refractivity contribution in [3.8, 4) is 11.4 Å². The fourth-order valence-corrected chi connectivity index (χ4v) is 2.56. The number of benzene rings is 1. The van der Waals surface area contributed by atoms with Crippen LogP contribution in [0.1, 0.15) is 69.1 Å². The minimum atomic E-state index is 0.229. The second-order valence-electron chi connectivity index (χ2n) is 7.15. The van der Waals surface area contributed by atoms with Crippen molar-refractivity contribution in [1.29, 1.82) is 0 Å². The molecule has 2 heterocycles. The normalized spacial score (nSPS) is 11.8. The molecule has 0 radical (unpaired) electrons. The number of hydrogen-bond donors (Lipinski definition) is 0. The maximum absolute atomic E-state index is 5.63. The van der Waals surface area contributed by atoms with Gasteiger partial charge in [0, 0.05) is 23.8 Å². The van der Waals surface area contributed by atoms with Crippen molar-refractivity contribution in [1.82, 2.24) is 30.4 Å². The number of ether oxygens (including phenoxy) is 1. The van der Waals surface area contributed by atoms with E-state index in [2.05, 4.69) is 31.7 Å². The van der Waals surface area contributed by atoms with Gasteiger partial charge in [-0.15, -0.1) is 25.2 Å². The summed E-state index contributed by atoms with van der Waals surface area (Å²) in [7, 11) is 1.66. The summed E-state index contributed by atoms with van der Waals surface area (Å²) >= 11 is 0. The molecule has 2 aromatic heterocycles. The van der Waals surface area contributed by atoms with Gasteiger partial charge in [-0.2, -0.15) is 0 Å². The molecule has 0 saturated heterocycles. The average Bonchev–Trinajstić information content (AvgIpc) is 3.35. The van der Waals surface area contributed by atoms with E-state index >= 15 is 0 Å². The Hall–Kier alpha value is -3.03. The van der Waals surface area contributed by atoms with Gasteiger partial charge in [0.15, 0.2) is 5.82 Å². The third-order valence-electron chi connectivity index (χ3n) is 4.19. The van der Waals surface area contributed by atoms with E-state index in [9.17, 15) is 0 Å². The molecule has 0 fully saturated rings. The third-order valence-corrected chi connectivity index (χ3v) is 4.19. The molecule has 0 aliphatic heterocycles. The monoisotopic (exact) mass is 382 g/mol. The highest BCUT2D eigenvalue weighted by atomic mass is 16.5. The largest absolute Gasteiger partial charge is 0.496 e. The Morgan fingerprint density at radius 3 is 2.57 bits per heavy atom. The second kappa shape index (κ2) is 8.77. The van der Waals surface area contributed by atoms with Gasteiger partial charge in [-0.25, -0.2) is 0 Å². The van der Waals surface area contributed by atoms with Gasteiger partial charge in [-0.1, -0.05) is 39.8 Å².